The summed E-state index contributed by atoms with van der Waals surface area (Å²) in [5.41, 5.74) is 2.33. The average Bonchev–Trinajstić information content (AvgIpc) is 3.26. The minimum Gasteiger partial charge on any atom is -0.472 e. The first-order valence-corrected chi connectivity index (χ1v) is 7.68. The van der Waals surface area contributed by atoms with Gasteiger partial charge < -0.3 is 14.8 Å². The highest BCUT2D eigenvalue weighted by atomic mass is 16.5. The van der Waals surface area contributed by atoms with Gasteiger partial charge in [0.05, 0.1) is 6.61 Å². The van der Waals surface area contributed by atoms with Crippen molar-refractivity contribution in [2.45, 2.75) is 58.7 Å². The zero-order valence-corrected chi connectivity index (χ0v) is 12.8. The SMILES string of the molecule is CCOCC(C)Oc1cc(CNC2CC2)cc(CC)n1. The second kappa shape index (κ2) is 7.60. The number of rotatable bonds is 9. The summed E-state index contributed by atoms with van der Waals surface area (Å²) in [6.07, 6.45) is 3.56. The Bertz CT molecular complexity index is 419. The zero-order valence-electron chi connectivity index (χ0n) is 12.8. The van der Waals surface area contributed by atoms with Gasteiger partial charge in [-0.25, -0.2) is 4.98 Å². The Kier molecular flexibility index (Phi) is 5.80. The quantitative estimate of drug-likeness (QED) is 0.754. The maximum absolute atomic E-state index is 5.86. The minimum atomic E-state index is 0.0267. The van der Waals surface area contributed by atoms with E-state index in [-0.39, 0.29) is 6.10 Å². The van der Waals surface area contributed by atoms with Crippen LogP contribution in [0.3, 0.4) is 0 Å². The van der Waals surface area contributed by atoms with Gasteiger partial charge >= 0.3 is 0 Å². The summed E-state index contributed by atoms with van der Waals surface area (Å²) in [5.74, 6) is 0.712. The maximum atomic E-state index is 5.86. The molecule has 1 N–H and O–H groups in total. The van der Waals surface area contributed by atoms with E-state index in [9.17, 15) is 0 Å². The highest BCUT2D eigenvalue weighted by Crippen LogP contribution is 2.20. The number of pyridine rings is 1. The molecule has 1 aromatic heterocycles. The lowest BCUT2D eigenvalue weighted by Crippen LogP contribution is -2.20. The van der Waals surface area contributed by atoms with Crippen molar-refractivity contribution in [2.24, 2.45) is 0 Å². The summed E-state index contributed by atoms with van der Waals surface area (Å²) in [4.78, 5) is 4.54. The molecule has 1 aromatic rings. The van der Waals surface area contributed by atoms with Crippen LogP contribution in [-0.2, 0) is 17.7 Å². The van der Waals surface area contributed by atoms with Crippen molar-refractivity contribution < 1.29 is 9.47 Å². The summed E-state index contributed by atoms with van der Waals surface area (Å²) < 4.78 is 11.2. The smallest absolute Gasteiger partial charge is 0.214 e. The van der Waals surface area contributed by atoms with E-state index in [2.05, 4.69) is 23.3 Å². The van der Waals surface area contributed by atoms with Gasteiger partial charge in [-0.2, -0.15) is 0 Å². The number of nitrogens with one attached hydrogen (secondary N) is 1. The number of hydrogen-bond donors (Lipinski definition) is 1. The van der Waals surface area contributed by atoms with Crippen LogP contribution < -0.4 is 10.1 Å². The predicted molar refractivity (Wildman–Crippen MR) is 80.1 cm³/mol. The molecule has 4 nitrogen and oxygen atoms in total. The molecule has 20 heavy (non-hydrogen) atoms. The molecule has 0 aliphatic heterocycles. The number of hydrogen-bond acceptors (Lipinski definition) is 4. The first-order valence-electron chi connectivity index (χ1n) is 7.68. The van der Waals surface area contributed by atoms with Gasteiger partial charge in [0.15, 0.2) is 0 Å². The van der Waals surface area contributed by atoms with Crippen molar-refractivity contribution in [3.05, 3.63) is 23.4 Å². The van der Waals surface area contributed by atoms with Crippen LogP contribution in [0.15, 0.2) is 12.1 Å². The molecule has 0 spiro atoms. The molecule has 1 aliphatic rings. The molecule has 1 atom stereocenters. The van der Waals surface area contributed by atoms with Crippen molar-refractivity contribution in [2.75, 3.05) is 13.2 Å². The Morgan fingerprint density at radius 3 is 2.80 bits per heavy atom. The number of ether oxygens (including phenoxy) is 2. The van der Waals surface area contributed by atoms with Crippen LogP contribution in [0.4, 0.5) is 0 Å². The van der Waals surface area contributed by atoms with Crippen molar-refractivity contribution in [3.63, 3.8) is 0 Å². The highest BCUT2D eigenvalue weighted by Gasteiger charge is 2.20. The van der Waals surface area contributed by atoms with Gasteiger partial charge in [0.25, 0.3) is 0 Å². The zero-order chi connectivity index (χ0) is 14.4. The number of aryl methyl sites for hydroxylation is 1. The van der Waals surface area contributed by atoms with E-state index >= 15 is 0 Å². The van der Waals surface area contributed by atoms with Gasteiger partial charge in [0, 0.05) is 31.0 Å². The maximum Gasteiger partial charge on any atom is 0.214 e. The molecule has 0 aromatic carbocycles. The summed E-state index contributed by atoms with van der Waals surface area (Å²) in [6.45, 7) is 8.34. The Morgan fingerprint density at radius 1 is 1.35 bits per heavy atom. The molecular weight excluding hydrogens is 252 g/mol. The summed E-state index contributed by atoms with van der Waals surface area (Å²) in [5, 5.41) is 3.53. The van der Waals surface area contributed by atoms with E-state index in [1.807, 2.05) is 19.9 Å². The van der Waals surface area contributed by atoms with Crippen LogP contribution in [0.2, 0.25) is 0 Å². The van der Waals surface area contributed by atoms with Crippen LogP contribution in [0.5, 0.6) is 5.88 Å². The molecule has 0 amide bonds. The lowest BCUT2D eigenvalue weighted by molar-refractivity contribution is 0.0632. The van der Waals surface area contributed by atoms with E-state index in [1.54, 1.807) is 0 Å². The third-order valence-corrected chi connectivity index (χ3v) is 3.33. The van der Waals surface area contributed by atoms with Gasteiger partial charge in [-0.1, -0.05) is 6.92 Å². The average molecular weight is 278 g/mol. The molecule has 1 unspecified atom stereocenters. The van der Waals surface area contributed by atoms with Crippen molar-refractivity contribution in [1.82, 2.24) is 10.3 Å². The summed E-state index contributed by atoms with van der Waals surface area (Å²) >= 11 is 0. The second-order valence-corrected chi connectivity index (χ2v) is 5.40. The standard InChI is InChI=1S/C16H26N2O2/c1-4-14-8-13(10-17-15-6-7-15)9-16(18-14)20-12(3)11-19-5-2/h8-9,12,15,17H,4-7,10-11H2,1-3H3. The van der Waals surface area contributed by atoms with Crippen LogP contribution in [0, 0.1) is 0 Å². The largest absolute Gasteiger partial charge is 0.472 e. The van der Waals surface area contributed by atoms with Gasteiger partial charge in [0.1, 0.15) is 6.10 Å². The normalized spacial score (nSPS) is 16.1. The van der Waals surface area contributed by atoms with E-state index in [0.29, 0.717) is 19.1 Å². The van der Waals surface area contributed by atoms with Gasteiger partial charge in [-0.15, -0.1) is 0 Å². The fourth-order valence-electron chi connectivity index (χ4n) is 2.04. The number of nitrogens with zero attached hydrogens (tertiary/aromatic N) is 1. The van der Waals surface area contributed by atoms with E-state index in [1.165, 1.54) is 18.4 Å². The first kappa shape index (κ1) is 15.3. The molecule has 1 aliphatic carbocycles. The fourth-order valence-corrected chi connectivity index (χ4v) is 2.04. The molecule has 1 heterocycles. The molecule has 112 valence electrons. The molecule has 0 saturated heterocycles. The summed E-state index contributed by atoms with van der Waals surface area (Å²) in [7, 11) is 0. The van der Waals surface area contributed by atoms with Gasteiger partial charge in [0.2, 0.25) is 5.88 Å². The molecule has 4 heteroatoms. The van der Waals surface area contributed by atoms with Crippen LogP contribution in [0.1, 0.15) is 44.9 Å². The van der Waals surface area contributed by atoms with Crippen molar-refractivity contribution in [1.29, 1.82) is 0 Å². The lowest BCUT2D eigenvalue weighted by Gasteiger charge is -2.15. The Labute approximate surface area is 121 Å². The number of aromatic nitrogens is 1. The Balaban J connectivity index is 1.96. The molecule has 2 rings (SSSR count). The van der Waals surface area contributed by atoms with Crippen molar-refractivity contribution in [3.8, 4) is 5.88 Å². The molecule has 0 bridgehead atoms. The lowest BCUT2D eigenvalue weighted by atomic mass is 10.2. The van der Waals surface area contributed by atoms with Gasteiger partial charge in [-0.3, -0.25) is 0 Å². The molecule has 0 radical (unpaired) electrons. The monoisotopic (exact) mass is 278 g/mol. The third kappa shape index (κ3) is 5.10. The van der Waals surface area contributed by atoms with Crippen LogP contribution in [0.25, 0.3) is 0 Å². The molecular formula is C16H26N2O2. The highest BCUT2D eigenvalue weighted by molar-refractivity contribution is 5.25. The Morgan fingerprint density at radius 2 is 2.15 bits per heavy atom. The predicted octanol–water partition coefficient (Wildman–Crippen LogP) is 2.70. The Hall–Kier alpha value is -1.13. The van der Waals surface area contributed by atoms with E-state index < -0.39 is 0 Å². The minimum absolute atomic E-state index is 0.0267. The molecule has 1 fully saturated rings. The second-order valence-electron chi connectivity index (χ2n) is 5.40. The topological polar surface area (TPSA) is 43.4 Å². The van der Waals surface area contributed by atoms with Gasteiger partial charge in [-0.05, 0) is 44.7 Å². The van der Waals surface area contributed by atoms with Crippen molar-refractivity contribution >= 4 is 0 Å². The fraction of sp³-hybridized carbons (Fsp3) is 0.688. The van der Waals surface area contributed by atoms with E-state index in [4.69, 9.17) is 9.47 Å². The van der Waals surface area contributed by atoms with Crippen LogP contribution in [-0.4, -0.2) is 30.3 Å². The third-order valence-electron chi connectivity index (χ3n) is 3.33. The molecule has 1 saturated carbocycles. The van der Waals surface area contributed by atoms with E-state index in [0.717, 1.165) is 24.7 Å². The first-order chi connectivity index (χ1) is 9.71. The summed E-state index contributed by atoms with van der Waals surface area (Å²) in [6, 6.07) is 4.92. The van der Waals surface area contributed by atoms with Crippen LogP contribution >= 0.6 is 0 Å².